The maximum atomic E-state index is 11.8. The molecule has 0 fully saturated rings. The summed E-state index contributed by atoms with van der Waals surface area (Å²) in [6.07, 6.45) is 1.35. The van der Waals surface area contributed by atoms with Crippen LogP contribution in [0.3, 0.4) is 0 Å². The molecule has 22 heavy (non-hydrogen) atoms. The molecule has 0 aliphatic rings. The van der Waals surface area contributed by atoms with Crippen LogP contribution in [0.1, 0.15) is 20.9 Å². The molecule has 0 saturated carbocycles. The molecule has 2 rings (SSSR count). The molecule has 0 spiro atoms. The quantitative estimate of drug-likeness (QED) is 0.709. The van der Waals surface area contributed by atoms with Crippen molar-refractivity contribution in [1.82, 2.24) is 16.2 Å². The van der Waals surface area contributed by atoms with Gasteiger partial charge < -0.3 is 9.73 Å². The Labute approximate surface area is 134 Å². The lowest BCUT2D eigenvalue weighted by molar-refractivity contribution is -0.120. The smallest absolute Gasteiger partial charge is 0.287 e. The van der Waals surface area contributed by atoms with Crippen molar-refractivity contribution in [2.24, 2.45) is 0 Å². The van der Waals surface area contributed by atoms with Gasteiger partial charge in [-0.1, -0.05) is 12.1 Å². The van der Waals surface area contributed by atoms with Gasteiger partial charge in [0.15, 0.2) is 5.76 Å². The fourth-order valence-corrected chi connectivity index (χ4v) is 2.00. The lowest BCUT2D eigenvalue weighted by atomic mass is 10.2. The van der Waals surface area contributed by atoms with E-state index >= 15 is 0 Å². The van der Waals surface area contributed by atoms with E-state index in [1.165, 1.54) is 12.3 Å². The minimum atomic E-state index is -0.569. The molecule has 3 amide bonds. The Balaban J connectivity index is 1.77. The molecular formula is C14H12BrN3O4. The van der Waals surface area contributed by atoms with E-state index < -0.39 is 17.7 Å². The average molecular weight is 366 g/mol. The molecule has 0 atom stereocenters. The van der Waals surface area contributed by atoms with Gasteiger partial charge in [-0.15, -0.1) is 0 Å². The van der Waals surface area contributed by atoms with Gasteiger partial charge in [0.25, 0.3) is 17.7 Å². The Kier molecular flexibility index (Phi) is 5.31. The van der Waals surface area contributed by atoms with Gasteiger partial charge in [-0.2, -0.15) is 0 Å². The molecule has 3 N–H and O–H groups in total. The molecule has 0 bridgehead atoms. The highest BCUT2D eigenvalue weighted by molar-refractivity contribution is 9.10. The predicted octanol–water partition coefficient (Wildman–Crippen LogP) is 1.23. The zero-order valence-electron chi connectivity index (χ0n) is 11.3. The van der Waals surface area contributed by atoms with E-state index in [-0.39, 0.29) is 12.3 Å². The van der Waals surface area contributed by atoms with Gasteiger partial charge in [0.05, 0.1) is 18.4 Å². The third kappa shape index (κ3) is 4.19. The number of hydrazine groups is 1. The highest BCUT2D eigenvalue weighted by atomic mass is 79.9. The highest BCUT2D eigenvalue weighted by Gasteiger charge is 2.12. The molecule has 1 heterocycles. The van der Waals surface area contributed by atoms with Crippen LogP contribution in [0.15, 0.2) is 51.6 Å². The van der Waals surface area contributed by atoms with E-state index in [4.69, 9.17) is 4.42 Å². The molecular weight excluding hydrogens is 354 g/mol. The van der Waals surface area contributed by atoms with E-state index in [0.717, 1.165) is 0 Å². The van der Waals surface area contributed by atoms with Gasteiger partial charge in [0, 0.05) is 4.47 Å². The van der Waals surface area contributed by atoms with Crippen molar-refractivity contribution in [3.63, 3.8) is 0 Å². The van der Waals surface area contributed by atoms with Crippen LogP contribution in [-0.2, 0) is 4.79 Å². The van der Waals surface area contributed by atoms with Crippen molar-refractivity contribution in [2.45, 2.75) is 0 Å². The van der Waals surface area contributed by atoms with Gasteiger partial charge in [-0.3, -0.25) is 25.2 Å². The standard InChI is InChI=1S/C14H12BrN3O4/c15-10-5-2-1-4-9(10)13(20)18-17-12(19)8-16-14(21)11-6-3-7-22-11/h1-7H,8H2,(H,16,21)(H,17,19)(H,18,20). The summed E-state index contributed by atoms with van der Waals surface area (Å²) in [5.41, 5.74) is 4.84. The maximum Gasteiger partial charge on any atom is 0.287 e. The van der Waals surface area contributed by atoms with Crippen LogP contribution in [0.4, 0.5) is 0 Å². The highest BCUT2D eigenvalue weighted by Crippen LogP contribution is 2.14. The monoisotopic (exact) mass is 365 g/mol. The summed E-state index contributed by atoms with van der Waals surface area (Å²) >= 11 is 3.23. The molecule has 0 aliphatic carbocycles. The first-order chi connectivity index (χ1) is 10.6. The SMILES string of the molecule is O=C(CNC(=O)c1ccco1)NNC(=O)c1ccccc1Br. The van der Waals surface area contributed by atoms with E-state index in [2.05, 4.69) is 32.1 Å². The summed E-state index contributed by atoms with van der Waals surface area (Å²) in [5, 5.41) is 2.35. The minimum absolute atomic E-state index is 0.102. The molecule has 0 radical (unpaired) electrons. The molecule has 0 saturated heterocycles. The second-order valence-corrected chi connectivity index (χ2v) is 5.00. The van der Waals surface area contributed by atoms with Crippen LogP contribution in [0.25, 0.3) is 0 Å². The Hall–Kier alpha value is -2.61. The Morgan fingerprint density at radius 2 is 1.77 bits per heavy atom. The van der Waals surface area contributed by atoms with Crippen LogP contribution in [0, 0.1) is 0 Å². The summed E-state index contributed by atoms with van der Waals surface area (Å²) in [4.78, 5) is 34.9. The maximum absolute atomic E-state index is 11.8. The van der Waals surface area contributed by atoms with Crippen LogP contribution in [-0.4, -0.2) is 24.3 Å². The van der Waals surface area contributed by atoms with Crippen molar-refractivity contribution in [2.75, 3.05) is 6.54 Å². The first-order valence-electron chi connectivity index (χ1n) is 6.23. The molecule has 0 aliphatic heterocycles. The van der Waals surface area contributed by atoms with Crippen molar-refractivity contribution in [3.8, 4) is 0 Å². The van der Waals surface area contributed by atoms with E-state index in [1.807, 2.05) is 0 Å². The number of amides is 3. The number of benzene rings is 1. The van der Waals surface area contributed by atoms with Crippen LogP contribution < -0.4 is 16.2 Å². The zero-order valence-corrected chi connectivity index (χ0v) is 12.8. The average Bonchev–Trinajstić information content (AvgIpc) is 3.05. The third-order valence-corrected chi connectivity index (χ3v) is 3.28. The molecule has 8 heteroatoms. The Bertz CT molecular complexity index is 685. The number of hydrogen-bond donors (Lipinski definition) is 3. The summed E-state index contributed by atoms with van der Waals surface area (Å²) in [5.74, 6) is -1.46. The van der Waals surface area contributed by atoms with Gasteiger partial charge in [0.2, 0.25) is 0 Å². The van der Waals surface area contributed by atoms with E-state index in [9.17, 15) is 14.4 Å². The van der Waals surface area contributed by atoms with Gasteiger partial charge in [-0.25, -0.2) is 0 Å². The van der Waals surface area contributed by atoms with E-state index in [0.29, 0.717) is 10.0 Å². The second kappa shape index (κ2) is 7.41. The van der Waals surface area contributed by atoms with Crippen molar-refractivity contribution < 1.29 is 18.8 Å². The molecule has 7 nitrogen and oxygen atoms in total. The number of nitrogens with one attached hydrogen (secondary N) is 3. The fourth-order valence-electron chi connectivity index (χ4n) is 1.54. The third-order valence-electron chi connectivity index (χ3n) is 2.59. The van der Waals surface area contributed by atoms with Gasteiger partial charge in [0.1, 0.15) is 0 Å². The van der Waals surface area contributed by atoms with E-state index in [1.54, 1.807) is 30.3 Å². The lowest BCUT2D eigenvalue weighted by Gasteiger charge is -2.08. The van der Waals surface area contributed by atoms with Gasteiger partial charge in [-0.05, 0) is 40.2 Å². The van der Waals surface area contributed by atoms with Crippen molar-refractivity contribution in [3.05, 3.63) is 58.5 Å². The minimum Gasteiger partial charge on any atom is -0.459 e. The Morgan fingerprint density at radius 3 is 2.45 bits per heavy atom. The van der Waals surface area contributed by atoms with Crippen LogP contribution in [0.2, 0.25) is 0 Å². The summed E-state index contributed by atoms with van der Waals surface area (Å²) in [6, 6.07) is 9.81. The Morgan fingerprint density at radius 1 is 1.00 bits per heavy atom. The molecule has 114 valence electrons. The molecule has 1 aromatic carbocycles. The van der Waals surface area contributed by atoms with Crippen LogP contribution in [0.5, 0.6) is 0 Å². The topological polar surface area (TPSA) is 100 Å². The zero-order chi connectivity index (χ0) is 15.9. The largest absolute Gasteiger partial charge is 0.459 e. The van der Waals surface area contributed by atoms with Crippen molar-refractivity contribution in [1.29, 1.82) is 0 Å². The number of halogens is 1. The number of rotatable bonds is 4. The molecule has 1 aromatic heterocycles. The summed E-state index contributed by atoms with van der Waals surface area (Å²) in [6.45, 7) is -0.296. The number of carbonyl (C=O) groups is 3. The summed E-state index contributed by atoms with van der Waals surface area (Å²) < 4.78 is 5.48. The molecule has 0 unspecified atom stereocenters. The first-order valence-corrected chi connectivity index (χ1v) is 7.02. The molecule has 2 aromatic rings. The second-order valence-electron chi connectivity index (χ2n) is 4.14. The fraction of sp³-hybridized carbons (Fsp3) is 0.0714. The number of hydrogen-bond acceptors (Lipinski definition) is 4. The van der Waals surface area contributed by atoms with Gasteiger partial charge >= 0.3 is 0 Å². The van der Waals surface area contributed by atoms with Crippen LogP contribution >= 0.6 is 15.9 Å². The number of furan rings is 1. The number of carbonyl (C=O) groups excluding carboxylic acids is 3. The summed E-state index contributed by atoms with van der Waals surface area (Å²) in [7, 11) is 0. The lowest BCUT2D eigenvalue weighted by Crippen LogP contribution is -2.46. The predicted molar refractivity (Wildman–Crippen MR) is 80.8 cm³/mol. The van der Waals surface area contributed by atoms with Crippen molar-refractivity contribution >= 4 is 33.7 Å². The first kappa shape index (κ1) is 15.8. The normalized spacial score (nSPS) is 9.86.